The highest BCUT2D eigenvalue weighted by Crippen LogP contribution is 2.31. The van der Waals surface area contributed by atoms with Crippen LogP contribution < -0.4 is 5.32 Å². The molecule has 1 saturated heterocycles. The van der Waals surface area contributed by atoms with Crippen molar-refractivity contribution in [2.24, 2.45) is 0 Å². The van der Waals surface area contributed by atoms with Gasteiger partial charge >= 0.3 is 0 Å². The highest BCUT2D eigenvalue weighted by Gasteiger charge is 2.41. The Morgan fingerprint density at radius 3 is 2.52 bits per heavy atom. The summed E-state index contributed by atoms with van der Waals surface area (Å²) in [4.78, 5) is 25.9. The van der Waals surface area contributed by atoms with Gasteiger partial charge in [0.2, 0.25) is 5.91 Å². The molecule has 2 aromatic carbocycles. The highest BCUT2D eigenvalue weighted by atomic mass is 19.1. The quantitative estimate of drug-likeness (QED) is 0.929. The van der Waals surface area contributed by atoms with Crippen molar-refractivity contribution >= 4 is 17.5 Å². The molecule has 5 nitrogen and oxygen atoms in total. The topological polar surface area (TPSA) is 58.6 Å². The number of nitrogens with one attached hydrogen (secondary N) is 1. The molecule has 1 aliphatic rings. The maximum Gasteiger partial charge on any atom is 0.256 e. The Kier molecular flexibility index (Phi) is 4.76. The van der Waals surface area contributed by atoms with Gasteiger partial charge in [-0.2, -0.15) is 0 Å². The summed E-state index contributed by atoms with van der Waals surface area (Å²) >= 11 is 0. The monoisotopic (exact) mass is 346 g/mol. The molecule has 1 aliphatic heterocycles. The molecule has 7 heteroatoms. The van der Waals surface area contributed by atoms with Crippen molar-refractivity contribution in [1.82, 2.24) is 4.90 Å². The molecule has 25 heavy (non-hydrogen) atoms. The third kappa shape index (κ3) is 3.51. The Labute approximate surface area is 143 Å². The first kappa shape index (κ1) is 17.0. The lowest BCUT2D eigenvalue weighted by atomic mass is 9.97. The number of halogens is 2. The molecule has 0 aromatic heterocycles. The molecular weight excluding hydrogens is 330 g/mol. The fourth-order valence-corrected chi connectivity index (χ4v) is 2.76. The Balaban J connectivity index is 1.89. The number of nitrogens with zero attached hydrogens (tertiary/aromatic N) is 1. The van der Waals surface area contributed by atoms with E-state index in [0.29, 0.717) is 5.69 Å². The Morgan fingerprint density at radius 1 is 1.16 bits per heavy atom. The molecule has 0 bridgehead atoms. The maximum atomic E-state index is 14.2. The standard InChI is InChI=1S/C18H16F2N2O3/c1-22-15(23)10-25-17(16(22)13-4-2-3-5-14(13)20)18(24)21-12-8-6-11(19)7-9-12/h2-9,16-17H,10H2,1H3,(H,21,24)/t16-,17-/m0/s1. The third-order valence-corrected chi connectivity index (χ3v) is 4.08. The highest BCUT2D eigenvalue weighted by molar-refractivity contribution is 5.96. The zero-order valence-corrected chi connectivity index (χ0v) is 13.4. The largest absolute Gasteiger partial charge is 0.356 e. The number of amides is 2. The van der Waals surface area contributed by atoms with E-state index in [9.17, 15) is 18.4 Å². The normalized spacial score (nSPS) is 20.4. The summed E-state index contributed by atoms with van der Waals surface area (Å²) < 4.78 is 32.6. The number of benzene rings is 2. The molecule has 2 aromatic rings. The van der Waals surface area contributed by atoms with E-state index in [1.54, 1.807) is 6.07 Å². The zero-order chi connectivity index (χ0) is 18.0. The molecule has 3 rings (SSSR count). The van der Waals surface area contributed by atoms with Crippen LogP contribution in [0, 0.1) is 11.6 Å². The lowest BCUT2D eigenvalue weighted by Gasteiger charge is -2.38. The molecule has 0 radical (unpaired) electrons. The average molecular weight is 346 g/mol. The minimum Gasteiger partial charge on any atom is -0.356 e. The second-order valence-corrected chi connectivity index (χ2v) is 5.70. The van der Waals surface area contributed by atoms with Gasteiger partial charge in [-0.25, -0.2) is 8.78 Å². The Bertz CT molecular complexity index is 795. The van der Waals surface area contributed by atoms with Gasteiger partial charge in [0.05, 0.1) is 6.04 Å². The van der Waals surface area contributed by atoms with Crippen LogP contribution in [-0.4, -0.2) is 36.5 Å². The van der Waals surface area contributed by atoms with E-state index in [0.717, 1.165) is 0 Å². The number of rotatable bonds is 3. The summed E-state index contributed by atoms with van der Waals surface area (Å²) in [5.41, 5.74) is 0.569. The molecule has 2 amide bonds. The van der Waals surface area contributed by atoms with Gasteiger partial charge in [-0.15, -0.1) is 0 Å². The van der Waals surface area contributed by atoms with Crippen LogP contribution in [0.15, 0.2) is 48.5 Å². The van der Waals surface area contributed by atoms with Gasteiger partial charge < -0.3 is 15.0 Å². The average Bonchev–Trinajstić information content (AvgIpc) is 2.60. The van der Waals surface area contributed by atoms with Gasteiger partial charge in [0.1, 0.15) is 18.2 Å². The van der Waals surface area contributed by atoms with Crippen molar-refractivity contribution in [3.63, 3.8) is 0 Å². The molecule has 1 heterocycles. The van der Waals surface area contributed by atoms with Crippen molar-refractivity contribution < 1.29 is 23.1 Å². The lowest BCUT2D eigenvalue weighted by Crippen LogP contribution is -2.51. The predicted octanol–water partition coefficient (Wildman–Crippen LogP) is 2.50. The van der Waals surface area contributed by atoms with Gasteiger partial charge in [-0.3, -0.25) is 9.59 Å². The fourth-order valence-electron chi connectivity index (χ4n) is 2.76. The summed E-state index contributed by atoms with van der Waals surface area (Å²) in [6.45, 7) is -0.275. The van der Waals surface area contributed by atoms with Crippen LogP contribution in [0.2, 0.25) is 0 Å². The predicted molar refractivity (Wildman–Crippen MR) is 86.7 cm³/mol. The number of hydrogen-bond donors (Lipinski definition) is 1. The number of carbonyl (C=O) groups excluding carboxylic acids is 2. The maximum absolute atomic E-state index is 14.2. The first-order valence-electron chi connectivity index (χ1n) is 7.65. The lowest BCUT2D eigenvalue weighted by molar-refractivity contribution is -0.160. The first-order chi connectivity index (χ1) is 12.0. The van der Waals surface area contributed by atoms with Gasteiger partial charge in [-0.05, 0) is 30.3 Å². The summed E-state index contributed by atoms with van der Waals surface area (Å²) in [6, 6.07) is 10.3. The molecule has 0 unspecified atom stereocenters. The van der Waals surface area contributed by atoms with Crippen LogP contribution in [0.4, 0.5) is 14.5 Å². The number of morpholine rings is 1. The van der Waals surface area contributed by atoms with Crippen molar-refractivity contribution in [2.45, 2.75) is 12.1 Å². The van der Waals surface area contributed by atoms with E-state index in [2.05, 4.69) is 5.32 Å². The SMILES string of the molecule is CN1C(=O)CO[C@H](C(=O)Nc2ccc(F)cc2)[C@@H]1c1ccccc1F. The van der Waals surface area contributed by atoms with Crippen LogP contribution >= 0.6 is 0 Å². The second kappa shape index (κ2) is 6.98. The zero-order valence-electron chi connectivity index (χ0n) is 13.4. The van der Waals surface area contributed by atoms with E-state index < -0.39 is 29.7 Å². The molecule has 2 atom stereocenters. The molecule has 1 fully saturated rings. The van der Waals surface area contributed by atoms with Gasteiger partial charge in [0, 0.05) is 18.3 Å². The van der Waals surface area contributed by atoms with E-state index in [4.69, 9.17) is 4.74 Å². The summed E-state index contributed by atoms with van der Waals surface area (Å²) in [7, 11) is 1.50. The summed E-state index contributed by atoms with van der Waals surface area (Å²) in [5.74, 6) is -1.85. The third-order valence-electron chi connectivity index (χ3n) is 4.08. The van der Waals surface area contributed by atoms with Gasteiger partial charge in [0.25, 0.3) is 5.91 Å². The number of hydrogen-bond acceptors (Lipinski definition) is 3. The van der Waals surface area contributed by atoms with Crippen LogP contribution in [0.5, 0.6) is 0 Å². The molecule has 0 saturated carbocycles. The van der Waals surface area contributed by atoms with Crippen LogP contribution in [0.3, 0.4) is 0 Å². The minimum absolute atomic E-state index is 0.192. The van der Waals surface area contributed by atoms with Crippen molar-refractivity contribution in [3.8, 4) is 0 Å². The number of likely N-dealkylation sites (N-methyl/N-ethyl adjacent to an activating group) is 1. The van der Waals surface area contributed by atoms with Gasteiger partial charge in [0.15, 0.2) is 6.10 Å². The first-order valence-corrected chi connectivity index (χ1v) is 7.65. The van der Waals surface area contributed by atoms with Crippen LogP contribution in [0.25, 0.3) is 0 Å². The Hall–Kier alpha value is -2.80. The second-order valence-electron chi connectivity index (χ2n) is 5.70. The minimum atomic E-state index is -1.09. The molecule has 130 valence electrons. The number of carbonyl (C=O) groups is 2. The van der Waals surface area contributed by atoms with E-state index >= 15 is 0 Å². The molecule has 0 aliphatic carbocycles. The van der Waals surface area contributed by atoms with E-state index in [1.165, 1.54) is 54.4 Å². The van der Waals surface area contributed by atoms with Crippen molar-refractivity contribution in [2.75, 3.05) is 19.0 Å². The van der Waals surface area contributed by atoms with E-state index in [-0.39, 0.29) is 18.1 Å². The Morgan fingerprint density at radius 2 is 1.84 bits per heavy atom. The number of ether oxygens (including phenoxy) is 1. The fraction of sp³-hybridized carbons (Fsp3) is 0.222. The van der Waals surface area contributed by atoms with Gasteiger partial charge in [-0.1, -0.05) is 18.2 Å². The summed E-state index contributed by atoms with van der Waals surface area (Å²) in [6.07, 6.45) is -1.09. The summed E-state index contributed by atoms with van der Waals surface area (Å²) in [5, 5.41) is 2.60. The van der Waals surface area contributed by atoms with E-state index in [1.807, 2.05) is 0 Å². The molecule has 0 spiro atoms. The van der Waals surface area contributed by atoms with Crippen LogP contribution in [0.1, 0.15) is 11.6 Å². The van der Waals surface area contributed by atoms with Crippen LogP contribution in [-0.2, 0) is 14.3 Å². The van der Waals surface area contributed by atoms with Crippen molar-refractivity contribution in [3.05, 3.63) is 65.7 Å². The number of anilines is 1. The molecule has 1 N–H and O–H groups in total. The van der Waals surface area contributed by atoms with Crippen molar-refractivity contribution in [1.29, 1.82) is 0 Å². The molecular formula is C18H16F2N2O3. The smallest absolute Gasteiger partial charge is 0.256 e.